The standard InChI is InChI=1S/C47H31N2OPS/c1-2-44-48-38-20-12-21-40-47(38)49(44)39-26-24-29(27-41(39)51(40,50)31-13-4-3-5-14-31)45-34-16-6-8-18-36(34)46(37-19-9-7-17-35(37)45)30-23-25-33-32-15-10-11-22-42(32)52-43(33)28-30/h3-28H,2H2,1H3. The SMILES string of the molecule is CCc1nc2cccc3c2n1-c1ccc(-c2c4ccccc4c(-c4ccc5c(c4)sc4ccccc45)c4ccccc24)cc1P3(=O)c1ccccc1. The summed E-state index contributed by atoms with van der Waals surface area (Å²) >= 11 is 1.86. The zero-order valence-electron chi connectivity index (χ0n) is 28.4. The molecule has 0 N–H and O–H groups in total. The molecule has 3 heterocycles. The topological polar surface area (TPSA) is 34.9 Å². The van der Waals surface area contributed by atoms with Crippen molar-refractivity contribution in [2.75, 3.05) is 0 Å². The van der Waals surface area contributed by atoms with Gasteiger partial charge in [-0.2, -0.15) is 0 Å². The van der Waals surface area contributed by atoms with Gasteiger partial charge in [-0.15, -0.1) is 11.3 Å². The zero-order valence-corrected chi connectivity index (χ0v) is 30.1. The third-order valence-corrected chi connectivity index (χ3v) is 15.2. The van der Waals surface area contributed by atoms with Crippen LogP contribution in [0, 0.1) is 0 Å². The van der Waals surface area contributed by atoms with Crippen LogP contribution < -0.4 is 15.9 Å². The van der Waals surface area contributed by atoms with Gasteiger partial charge in [0.2, 0.25) is 0 Å². The van der Waals surface area contributed by atoms with Crippen LogP contribution in [-0.2, 0) is 11.0 Å². The summed E-state index contributed by atoms with van der Waals surface area (Å²) in [4.78, 5) is 5.04. The molecule has 246 valence electrons. The molecule has 0 radical (unpaired) electrons. The Kier molecular flexibility index (Phi) is 6.38. The number of thiophene rings is 1. The molecule has 0 spiro atoms. The van der Waals surface area contributed by atoms with Gasteiger partial charge in [0.1, 0.15) is 5.82 Å². The van der Waals surface area contributed by atoms with E-state index in [2.05, 4.69) is 127 Å². The van der Waals surface area contributed by atoms with Crippen LogP contribution in [0.3, 0.4) is 0 Å². The molecule has 0 amide bonds. The van der Waals surface area contributed by atoms with Crippen molar-refractivity contribution in [2.24, 2.45) is 0 Å². The van der Waals surface area contributed by atoms with Crippen LogP contribution in [0.1, 0.15) is 12.7 Å². The Morgan fingerprint density at radius 2 is 1.15 bits per heavy atom. The number of benzene rings is 8. The average Bonchev–Trinajstić information content (AvgIpc) is 3.77. The lowest BCUT2D eigenvalue weighted by Crippen LogP contribution is -2.33. The summed E-state index contributed by atoms with van der Waals surface area (Å²) in [5, 5.41) is 9.93. The smallest absolute Gasteiger partial charge is 0.175 e. The Morgan fingerprint density at radius 1 is 0.558 bits per heavy atom. The van der Waals surface area contributed by atoms with Crippen molar-refractivity contribution in [1.29, 1.82) is 0 Å². The molecular weight excluding hydrogens is 672 g/mol. The normalized spacial score (nSPS) is 15.2. The van der Waals surface area contributed by atoms with Gasteiger partial charge < -0.3 is 4.57 Å². The third-order valence-electron chi connectivity index (χ3n) is 10.9. The van der Waals surface area contributed by atoms with Gasteiger partial charge in [-0.3, -0.25) is 4.57 Å². The molecule has 1 aliphatic rings. The lowest BCUT2D eigenvalue weighted by molar-refractivity contribution is 0.592. The van der Waals surface area contributed by atoms with E-state index < -0.39 is 7.14 Å². The van der Waals surface area contributed by atoms with Crippen LogP contribution in [-0.4, -0.2) is 9.55 Å². The molecule has 52 heavy (non-hydrogen) atoms. The number of hydrogen-bond acceptors (Lipinski definition) is 3. The first kappa shape index (κ1) is 29.9. The van der Waals surface area contributed by atoms with Gasteiger partial charge in [-0.05, 0) is 80.2 Å². The molecule has 0 aliphatic carbocycles. The van der Waals surface area contributed by atoms with E-state index in [0.29, 0.717) is 0 Å². The van der Waals surface area contributed by atoms with Gasteiger partial charge in [0.05, 0.1) is 16.7 Å². The minimum atomic E-state index is -3.28. The molecular formula is C47H31N2OPS. The van der Waals surface area contributed by atoms with Crippen LogP contribution in [0.4, 0.5) is 0 Å². The number of rotatable bonds is 4. The summed E-state index contributed by atoms with van der Waals surface area (Å²) in [6.45, 7) is 2.14. The first-order valence-electron chi connectivity index (χ1n) is 17.8. The predicted molar refractivity (Wildman–Crippen MR) is 222 cm³/mol. The second-order valence-electron chi connectivity index (χ2n) is 13.7. The Balaban J connectivity index is 1.21. The summed E-state index contributed by atoms with van der Waals surface area (Å²) in [5.74, 6) is 0.978. The molecule has 10 aromatic rings. The van der Waals surface area contributed by atoms with Crippen molar-refractivity contribution in [3.63, 3.8) is 0 Å². The molecule has 1 atom stereocenters. The van der Waals surface area contributed by atoms with Crippen molar-refractivity contribution in [3.8, 4) is 27.9 Å². The number of nitrogens with zero attached hydrogens (tertiary/aromatic N) is 2. The van der Waals surface area contributed by atoms with Crippen LogP contribution >= 0.6 is 18.5 Å². The van der Waals surface area contributed by atoms with E-state index in [1.54, 1.807) is 0 Å². The highest BCUT2D eigenvalue weighted by Gasteiger charge is 2.40. The Morgan fingerprint density at radius 3 is 1.85 bits per heavy atom. The third kappa shape index (κ3) is 4.02. The summed E-state index contributed by atoms with van der Waals surface area (Å²) in [6.07, 6.45) is 0.773. The lowest BCUT2D eigenvalue weighted by Gasteiger charge is -2.30. The zero-order chi connectivity index (χ0) is 34.6. The first-order valence-corrected chi connectivity index (χ1v) is 20.3. The van der Waals surface area contributed by atoms with Crippen molar-refractivity contribution in [2.45, 2.75) is 13.3 Å². The maximum Gasteiger partial charge on any atom is 0.175 e. The fourth-order valence-corrected chi connectivity index (χ4v) is 12.9. The predicted octanol–water partition coefficient (Wildman–Crippen LogP) is 11.5. The molecule has 2 aromatic heterocycles. The van der Waals surface area contributed by atoms with E-state index in [9.17, 15) is 0 Å². The fourth-order valence-electron chi connectivity index (χ4n) is 8.71. The largest absolute Gasteiger partial charge is 0.308 e. The first-order chi connectivity index (χ1) is 25.6. The molecule has 8 aromatic carbocycles. The number of imidazole rings is 1. The van der Waals surface area contributed by atoms with Crippen LogP contribution in [0.25, 0.3) is 80.7 Å². The van der Waals surface area contributed by atoms with Crippen LogP contribution in [0.2, 0.25) is 0 Å². The molecule has 11 rings (SSSR count). The van der Waals surface area contributed by atoms with Crippen molar-refractivity contribution >= 4 is 87.1 Å². The summed E-state index contributed by atoms with van der Waals surface area (Å²) in [7, 11) is -3.28. The quantitative estimate of drug-likeness (QED) is 0.135. The van der Waals surface area contributed by atoms with Crippen molar-refractivity contribution < 1.29 is 4.57 Å². The molecule has 3 nitrogen and oxygen atoms in total. The van der Waals surface area contributed by atoms with Gasteiger partial charge in [0.25, 0.3) is 0 Å². The Labute approximate surface area is 304 Å². The number of aryl methyl sites for hydroxylation is 1. The fraction of sp³-hybridized carbons (Fsp3) is 0.0426. The molecule has 1 unspecified atom stereocenters. The monoisotopic (exact) mass is 702 g/mol. The van der Waals surface area contributed by atoms with Gasteiger partial charge in [0.15, 0.2) is 7.14 Å². The summed E-state index contributed by atoms with van der Waals surface area (Å²) in [5.41, 5.74) is 7.47. The average molecular weight is 703 g/mol. The highest BCUT2D eigenvalue weighted by Crippen LogP contribution is 2.51. The van der Waals surface area contributed by atoms with E-state index in [4.69, 9.17) is 4.98 Å². The Bertz CT molecular complexity index is 3100. The van der Waals surface area contributed by atoms with E-state index in [1.165, 1.54) is 52.8 Å². The van der Waals surface area contributed by atoms with Gasteiger partial charge in [-0.25, -0.2) is 4.98 Å². The second kappa shape index (κ2) is 11.1. The van der Waals surface area contributed by atoms with Gasteiger partial charge in [0, 0.05) is 42.5 Å². The molecule has 1 aliphatic heterocycles. The molecule has 5 heteroatoms. The van der Waals surface area contributed by atoms with Gasteiger partial charge in [-0.1, -0.05) is 128 Å². The minimum Gasteiger partial charge on any atom is -0.308 e. The van der Waals surface area contributed by atoms with E-state index in [-0.39, 0.29) is 0 Å². The number of para-hydroxylation sites is 1. The maximum atomic E-state index is 16.0. The summed E-state index contributed by atoms with van der Waals surface area (Å²) in [6, 6.07) is 56.0. The number of aromatic nitrogens is 2. The molecule has 0 saturated heterocycles. The van der Waals surface area contributed by atoms with E-state index >= 15 is 4.57 Å². The molecule has 0 bridgehead atoms. The highest BCUT2D eigenvalue weighted by molar-refractivity contribution is 7.86. The van der Waals surface area contributed by atoms with Crippen LogP contribution in [0.5, 0.6) is 0 Å². The van der Waals surface area contributed by atoms with Crippen molar-refractivity contribution in [1.82, 2.24) is 9.55 Å². The van der Waals surface area contributed by atoms with E-state index in [0.717, 1.165) is 56.0 Å². The Hall–Kier alpha value is -5.80. The molecule has 0 saturated carbocycles. The lowest BCUT2D eigenvalue weighted by atomic mass is 9.86. The summed E-state index contributed by atoms with van der Waals surface area (Å²) < 4.78 is 20.9. The minimum absolute atomic E-state index is 0.773. The highest BCUT2D eigenvalue weighted by atomic mass is 32.1. The van der Waals surface area contributed by atoms with E-state index in [1.807, 2.05) is 53.8 Å². The maximum absolute atomic E-state index is 16.0. The van der Waals surface area contributed by atoms with Gasteiger partial charge >= 0.3 is 0 Å². The van der Waals surface area contributed by atoms with Crippen molar-refractivity contribution in [3.05, 3.63) is 164 Å². The second-order valence-corrected chi connectivity index (χ2v) is 17.4. The molecule has 0 fully saturated rings. The number of hydrogen-bond donors (Lipinski definition) is 0. The number of fused-ring (bicyclic) bond motifs is 7. The van der Waals surface area contributed by atoms with Crippen LogP contribution in [0.15, 0.2) is 158 Å².